The molecule has 0 aliphatic heterocycles. The van der Waals surface area contributed by atoms with Gasteiger partial charge >= 0.3 is 0 Å². The van der Waals surface area contributed by atoms with Crippen molar-refractivity contribution in [2.45, 2.75) is 34.1 Å². The molecule has 0 nitrogen and oxygen atoms in total. The molecule has 1 heteroatoms. The van der Waals surface area contributed by atoms with Crippen LogP contribution in [0.1, 0.15) is 33.4 Å². The highest BCUT2D eigenvalue weighted by Crippen LogP contribution is 2.23. The maximum absolute atomic E-state index is 2.45. The van der Waals surface area contributed by atoms with E-state index in [-0.39, 0.29) is 0 Å². The van der Waals surface area contributed by atoms with E-state index >= 15 is 0 Å². The fourth-order valence-corrected chi connectivity index (χ4v) is 3.39. The van der Waals surface area contributed by atoms with Gasteiger partial charge < -0.3 is 0 Å². The Bertz CT molecular complexity index is 559. The fraction of sp³-hybridized carbons (Fsp3) is 0.294. The molecule has 0 bridgehead atoms. The summed E-state index contributed by atoms with van der Waals surface area (Å²) in [7, 11) is 0. The molecule has 0 atom stereocenters. The maximum atomic E-state index is 2.45. The summed E-state index contributed by atoms with van der Waals surface area (Å²) in [6.45, 7) is 8.73. The highest BCUT2D eigenvalue weighted by atomic mass is 127. The van der Waals surface area contributed by atoms with Gasteiger partial charge in [0.25, 0.3) is 0 Å². The summed E-state index contributed by atoms with van der Waals surface area (Å²) in [5, 5.41) is 0. The van der Waals surface area contributed by atoms with Gasteiger partial charge in [0.2, 0.25) is 0 Å². The predicted octanol–water partition coefficient (Wildman–Crippen LogP) is 5.12. The van der Waals surface area contributed by atoms with Crippen LogP contribution in [-0.2, 0) is 6.42 Å². The molecule has 0 N–H and O–H groups in total. The van der Waals surface area contributed by atoms with E-state index in [1.165, 1.54) is 37.0 Å². The molecule has 18 heavy (non-hydrogen) atoms. The standard InChI is InChI=1S/C17H19I/c1-11-7-14(4)16(17(18)8-11)10-15-6-5-12(2)13(3)9-15/h5-9H,10H2,1-4H3. The van der Waals surface area contributed by atoms with Gasteiger partial charge in [-0.2, -0.15) is 0 Å². The highest BCUT2D eigenvalue weighted by molar-refractivity contribution is 14.1. The maximum Gasteiger partial charge on any atom is 0.0171 e. The first-order chi connectivity index (χ1) is 8.47. The Kier molecular flexibility index (Phi) is 4.10. The van der Waals surface area contributed by atoms with Crippen LogP contribution in [0, 0.1) is 31.3 Å². The lowest BCUT2D eigenvalue weighted by molar-refractivity contribution is 1.12. The lowest BCUT2D eigenvalue weighted by Gasteiger charge is -2.11. The number of halogens is 1. The third-order valence-electron chi connectivity index (χ3n) is 3.52. The molecule has 0 fully saturated rings. The third-order valence-corrected chi connectivity index (χ3v) is 4.48. The molecule has 0 aliphatic carbocycles. The van der Waals surface area contributed by atoms with Crippen LogP contribution >= 0.6 is 22.6 Å². The zero-order chi connectivity index (χ0) is 13.3. The predicted molar refractivity (Wildman–Crippen MR) is 87.4 cm³/mol. The van der Waals surface area contributed by atoms with Crippen molar-refractivity contribution >= 4 is 22.6 Å². The zero-order valence-electron chi connectivity index (χ0n) is 11.5. The number of benzene rings is 2. The molecular formula is C17H19I. The average molecular weight is 350 g/mol. The summed E-state index contributed by atoms with van der Waals surface area (Å²) < 4.78 is 1.38. The second-order valence-corrected chi connectivity index (χ2v) is 6.30. The molecule has 2 aromatic rings. The molecular weight excluding hydrogens is 331 g/mol. The lowest BCUT2D eigenvalue weighted by Crippen LogP contribution is -1.97. The van der Waals surface area contributed by atoms with Crippen molar-refractivity contribution in [3.05, 3.63) is 67.3 Å². The Morgan fingerprint density at radius 2 is 1.56 bits per heavy atom. The largest absolute Gasteiger partial charge is 0.0588 e. The molecule has 0 unspecified atom stereocenters. The lowest BCUT2D eigenvalue weighted by atomic mass is 9.97. The Morgan fingerprint density at radius 3 is 2.17 bits per heavy atom. The molecule has 0 heterocycles. The number of aryl methyl sites for hydroxylation is 4. The van der Waals surface area contributed by atoms with Gasteiger partial charge in [0.15, 0.2) is 0 Å². The fourth-order valence-electron chi connectivity index (χ4n) is 2.29. The Hall–Kier alpha value is -0.830. The molecule has 2 aromatic carbocycles. The highest BCUT2D eigenvalue weighted by Gasteiger charge is 2.06. The van der Waals surface area contributed by atoms with Crippen LogP contribution < -0.4 is 0 Å². The summed E-state index contributed by atoms with van der Waals surface area (Å²) >= 11 is 2.45. The van der Waals surface area contributed by atoms with Gasteiger partial charge in [-0.1, -0.05) is 24.3 Å². The molecule has 94 valence electrons. The summed E-state index contributed by atoms with van der Waals surface area (Å²) in [4.78, 5) is 0. The van der Waals surface area contributed by atoms with E-state index in [0.29, 0.717) is 0 Å². The summed E-state index contributed by atoms with van der Waals surface area (Å²) in [6.07, 6.45) is 1.03. The molecule has 0 radical (unpaired) electrons. The smallest absolute Gasteiger partial charge is 0.0171 e. The van der Waals surface area contributed by atoms with Crippen molar-refractivity contribution < 1.29 is 0 Å². The van der Waals surface area contributed by atoms with Crippen LogP contribution in [0.4, 0.5) is 0 Å². The van der Waals surface area contributed by atoms with Crippen LogP contribution in [0.25, 0.3) is 0 Å². The molecule has 0 aliphatic rings. The number of rotatable bonds is 2. The second-order valence-electron chi connectivity index (χ2n) is 5.14. The van der Waals surface area contributed by atoms with E-state index in [1.807, 2.05) is 0 Å². The SMILES string of the molecule is Cc1cc(C)c(Cc2ccc(C)c(C)c2)c(I)c1. The minimum absolute atomic E-state index is 1.03. The topological polar surface area (TPSA) is 0 Å². The molecule has 2 rings (SSSR count). The second kappa shape index (κ2) is 5.43. The van der Waals surface area contributed by atoms with E-state index in [0.717, 1.165) is 6.42 Å². The average Bonchev–Trinajstić information content (AvgIpc) is 2.28. The van der Waals surface area contributed by atoms with Gasteiger partial charge in [-0.25, -0.2) is 0 Å². The minimum atomic E-state index is 1.03. The van der Waals surface area contributed by atoms with E-state index in [1.54, 1.807) is 0 Å². The van der Waals surface area contributed by atoms with Crippen molar-refractivity contribution in [1.82, 2.24) is 0 Å². The van der Waals surface area contributed by atoms with Crippen molar-refractivity contribution in [2.75, 3.05) is 0 Å². The molecule has 0 saturated heterocycles. The first-order valence-corrected chi connectivity index (χ1v) is 7.37. The van der Waals surface area contributed by atoms with Crippen LogP contribution in [0.5, 0.6) is 0 Å². The van der Waals surface area contributed by atoms with Crippen molar-refractivity contribution in [2.24, 2.45) is 0 Å². The van der Waals surface area contributed by atoms with Gasteiger partial charge in [-0.05, 0) is 96.2 Å². The Balaban J connectivity index is 2.37. The van der Waals surface area contributed by atoms with Gasteiger partial charge in [0, 0.05) is 3.57 Å². The van der Waals surface area contributed by atoms with Crippen molar-refractivity contribution in [3.8, 4) is 0 Å². The van der Waals surface area contributed by atoms with Crippen LogP contribution in [0.2, 0.25) is 0 Å². The van der Waals surface area contributed by atoms with Crippen molar-refractivity contribution in [1.29, 1.82) is 0 Å². The van der Waals surface area contributed by atoms with Gasteiger partial charge in [0.05, 0.1) is 0 Å². The summed E-state index contributed by atoms with van der Waals surface area (Å²) in [6, 6.07) is 11.3. The quantitative estimate of drug-likeness (QED) is 0.660. The van der Waals surface area contributed by atoms with Crippen LogP contribution in [0.3, 0.4) is 0 Å². The molecule has 0 amide bonds. The first-order valence-electron chi connectivity index (χ1n) is 6.29. The van der Waals surface area contributed by atoms with Gasteiger partial charge in [-0.3, -0.25) is 0 Å². The monoisotopic (exact) mass is 350 g/mol. The first kappa shape index (κ1) is 13.6. The minimum Gasteiger partial charge on any atom is -0.0588 e. The normalized spacial score (nSPS) is 10.7. The van der Waals surface area contributed by atoms with E-state index in [2.05, 4.69) is 80.6 Å². The van der Waals surface area contributed by atoms with Gasteiger partial charge in [0.1, 0.15) is 0 Å². The third kappa shape index (κ3) is 2.94. The van der Waals surface area contributed by atoms with E-state index in [4.69, 9.17) is 0 Å². The Labute approximate surface area is 124 Å². The van der Waals surface area contributed by atoms with E-state index < -0.39 is 0 Å². The van der Waals surface area contributed by atoms with Crippen LogP contribution in [0.15, 0.2) is 30.3 Å². The summed E-state index contributed by atoms with van der Waals surface area (Å²) in [5.41, 5.74) is 8.37. The molecule has 0 spiro atoms. The summed E-state index contributed by atoms with van der Waals surface area (Å²) in [5.74, 6) is 0. The van der Waals surface area contributed by atoms with Gasteiger partial charge in [-0.15, -0.1) is 0 Å². The number of hydrogen-bond acceptors (Lipinski definition) is 0. The Morgan fingerprint density at radius 1 is 0.833 bits per heavy atom. The van der Waals surface area contributed by atoms with Crippen LogP contribution in [-0.4, -0.2) is 0 Å². The zero-order valence-corrected chi connectivity index (χ0v) is 13.6. The number of hydrogen-bond donors (Lipinski definition) is 0. The molecule has 0 saturated carbocycles. The van der Waals surface area contributed by atoms with E-state index in [9.17, 15) is 0 Å². The molecule has 0 aromatic heterocycles. The van der Waals surface area contributed by atoms with Crippen molar-refractivity contribution in [3.63, 3.8) is 0 Å².